The van der Waals surface area contributed by atoms with E-state index in [4.69, 9.17) is 4.74 Å². The van der Waals surface area contributed by atoms with Crippen LogP contribution in [0, 0.1) is 0 Å². The Balaban J connectivity index is 1.36. The van der Waals surface area contributed by atoms with Gasteiger partial charge in [-0.05, 0) is 47.7 Å². The highest BCUT2D eigenvalue weighted by atomic mass is 16.5. The van der Waals surface area contributed by atoms with Crippen LogP contribution in [0.2, 0.25) is 0 Å². The lowest BCUT2D eigenvalue weighted by Crippen LogP contribution is -2.48. The largest absolute Gasteiger partial charge is 0.456 e. The minimum atomic E-state index is -0.798. The van der Waals surface area contributed by atoms with Gasteiger partial charge >= 0.3 is 0 Å². The predicted octanol–water partition coefficient (Wildman–Crippen LogP) is 5.77. The molecule has 1 aliphatic heterocycles. The summed E-state index contributed by atoms with van der Waals surface area (Å²) in [6.45, 7) is 3.12. The number of amides is 1. The highest BCUT2D eigenvalue weighted by Gasteiger charge is 2.26. The summed E-state index contributed by atoms with van der Waals surface area (Å²) in [5.41, 5.74) is 5.55. The van der Waals surface area contributed by atoms with Gasteiger partial charge in [-0.1, -0.05) is 97.9 Å². The molecule has 0 unspecified atom stereocenters. The van der Waals surface area contributed by atoms with Crippen LogP contribution in [-0.4, -0.2) is 29.7 Å². The quantitative estimate of drug-likeness (QED) is 0.249. The minimum absolute atomic E-state index is 0.251. The molecule has 3 N–H and O–H groups in total. The van der Waals surface area contributed by atoms with Crippen LogP contribution in [0.25, 0.3) is 11.6 Å². The van der Waals surface area contributed by atoms with E-state index in [1.165, 1.54) is 11.1 Å². The molecule has 5 heteroatoms. The van der Waals surface area contributed by atoms with Gasteiger partial charge in [0.1, 0.15) is 11.5 Å². The molecule has 4 aromatic carbocycles. The second kappa shape index (κ2) is 12.6. The molecule has 1 aliphatic rings. The molecule has 198 valence electrons. The van der Waals surface area contributed by atoms with Gasteiger partial charge in [0.2, 0.25) is 0 Å². The fourth-order valence-corrected chi connectivity index (χ4v) is 4.87. The number of ether oxygens (including phenoxy) is 1. The molecule has 5 nitrogen and oxygen atoms in total. The Morgan fingerprint density at radius 1 is 0.821 bits per heavy atom. The molecule has 0 aromatic heterocycles. The van der Waals surface area contributed by atoms with Gasteiger partial charge in [-0.15, -0.1) is 0 Å². The summed E-state index contributed by atoms with van der Waals surface area (Å²) in [5, 5.41) is 17.8. The molecule has 5 rings (SSSR count). The van der Waals surface area contributed by atoms with E-state index in [9.17, 15) is 9.90 Å². The molecule has 4 aromatic rings. The number of rotatable bonds is 10. The molecule has 0 radical (unpaired) electrons. The van der Waals surface area contributed by atoms with Crippen LogP contribution in [0.15, 0.2) is 103 Å². The van der Waals surface area contributed by atoms with Crippen molar-refractivity contribution < 1.29 is 14.6 Å². The van der Waals surface area contributed by atoms with Gasteiger partial charge in [-0.2, -0.15) is 0 Å². The molecule has 0 fully saturated rings. The number of aliphatic hydroxyl groups is 1. The molecule has 0 saturated heterocycles. The van der Waals surface area contributed by atoms with Gasteiger partial charge in [0.25, 0.3) is 5.91 Å². The van der Waals surface area contributed by atoms with E-state index in [-0.39, 0.29) is 5.91 Å². The normalized spacial score (nSPS) is 13.6. The number of hydrogen-bond acceptors (Lipinski definition) is 4. The second-order valence-electron chi connectivity index (χ2n) is 9.84. The van der Waals surface area contributed by atoms with E-state index in [2.05, 4.69) is 41.8 Å². The summed E-state index contributed by atoms with van der Waals surface area (Å²) in [6.07, 6.45) is 2.55. The number of carbonyl (C=O) groups is 1. The van der Waals surface area contributed by atoms with E-state index < -0.39 is 12.1 Å². The maximum Gasteiger partial charge on any atom is 0.252 e. The standard InChI is InChI=1S/C34H34N2O3/c1-2-24-13-10-14-26(19-24)22-35-23-31(37)30(20-25-11-4-3-5-12-25)36-34(38)29-21-27-15-6-8-17-32(27)39-33-18-9-7-16-28(29)33/h3-19,21,30-31,35,37H,2,20,22-23H2,1H3,(H,36,38)/t30-,31+/m0/s1. The van der Waals surface area contributed by atoms with E-state index >= 15 is 0 Å². The molecule has 39 heavy (non-hydrogen) atoms. The number of aryl methyl sites for hydroxylation is 1. The Morgan fingerprint density at radius 2 is 1.51 bits per heavy atom. The number of fused-ring (bicyclic) bond motifs is 2. The second-order valence-corrected chi connectivity index (χ2v) is 9.84. The molecule has 0 bridgehead atoms. The summed E-state index contributed by atoms with van der Waals surface area (Å²) in [4.78, 5) is 13.8. The number of hydrogen-bond donors (Lipinski definition) is 3. The van der Waals surface area contributed by atoms with Crippen LogP contribution in [0.5, 0.6) is 11.5 Å². The number of carbonyl (C=O) groups excluding carboxylic acids is 1. The third kappa shape index (κ3) is 6.63. The molecule has 2 atom stereocenters. The van der Waals surface area contributed by atoms with Gasteiger partial charge in [0.15, 0.2) is 0 Å². The Bertz CT molecular complexity index is 1450. The molecular weight excluding hydrogens is 484 g/mol. The van der Waals surface area contributed by atoms with Crippen molar-refractivity contribution in [1.82, 2.24) is 10.6 Å². The van der Waals surface area contributed by atoms with Gasteiger partial charge in [-0.25, -0.2) is 0 Å². The summed E-state index contributed by atoms with van der Waals surface area (Å²) in [6, 6.07) is 33.1. The van der Waals surface area contributed by atoms with Crippen molar-refractivity contribution in [3.8, 4) is 11.5 Å². The monoisotopic (exact) mass is 518 g/mol. The topological polar surface area (TPSA) is 70.6 Å². The van der Waals surface area contributed by atoms with E-state index in [1.807, 2.05) is 84.9 Å². The van der Waals surface area contributed by atoms with Crippen molar-refractivity contribution in [3.63, 3.8) is 0 Å². The van der Waals surface area contributed by atoms with Gasteiger partial charge < -0.3 is 20.5 Å². The van der Waals surface area contributed by atoms with Crippen LogP contribution in [0.1, 0.15) is 34.7 Å². The highest BCUT2D eigenvalue weighted by molar-refractivity contribution is 6.25. The molecule has 0 aliphatic carbocycles. The van der Waals surface area contributed by atoms with E-state index in [0.29, 0.717) is 42.1 Å². The van der Waals surface area contributed by atoms with Crippen molar-refractivity contribution in [1.29, 1.82) is 0 Å². The van der Waals surface area contributed by atoms with Crippen molar-refractivity contribution in [2.45, 2.75) is 38.5 Å². The molecular formula is C34H34N2O3. The van der Waals surface area contributed by atoms with Crippen molar-refractivity contribution in [2.75, 3.05) is 6.54 Å². The van der Waals surface area contributed by atoms with Crippen molar-refractivity contribution >= 4 is 17.6 Å². The minimum Gasteiger partial charge on any atom is -0.456 e. The molecule has 0 saturated carbocycles. The third-order valence-corrected chi connectivity index (χ3v) is 7.02. The molecule has 1 heterocycles. The first kappa shape index (κ1) is 26.4. The smallest absolute Gasteiger partial charge is 0.252 e. The SMILES string of the molecule is CCc1cccc(CNC[C@@H](O)[C@H](Cc2ccccc2)NC(=O)C2=Cc3ccccc3Oc3ccccc32)c1. The number of para-hydroxylation sites is 2. The summed E-state index contributed by atoms with van der Waals surface area (Å²) in [7, 11) is 0. The van der Waals surface area contributed by atoms with Crippen LogP contribution in [-0.2, 0) is 24.2 Å². The first-order chi connectivity index (χ1) is 19.1. The van der Waals surface area contributed by atoms with Crippen LogP contribution in [0.4, 0.5) is 0 Å². The van der Waals surface area contributed by atoms with Gasteiger partial charge in [0, 0.05) is 24.2 Å². The molecule has 1 amide bonds. The maximum atomic E-state index is 13.8. The lowest BCUT2D eigenvalue weighted by atomic mass is 9.98. The Morgan fingerprint density at radius 3 is 2.33 bits per heavy atom. The van der Waals surface area contributed by atoms with Gasteiger partial charge in [0.05, 0.1) is 17.7 Å². The van der Waals surface area contributed by atoms with Crippen LogP contribution < -0.4 is 15.4 Å². The predicted molar refractivity (Wildman–Crippen MR) is 156 cm³/mol. The third-order valence-electron chi connectivity index (χ3n) is 7.02. The van der Waals surface area contributed by atoms with Crippen molar-refractivity contribution in [2.24, 2.45) is 0 Å². The van der Waals surface area contributed by atoms with Crippen molar-refractivity contribution in [3.05, 3.63) is 131 Å². The van der Waals surface area contributed by atoms with Crippen LogP contribution >= 0.6 is 0 Å². The first-order valence-electron chi connectivity index (χ1n) is 13.5. The molecule has 0 spiro atoms. The first-order valence-corrected chi connectivity index (χ1v) is 13.5. The Kier molecular flexibility index (Phi) is 8.51. The van der Waals surface area contributed by atoms with Gasteiger partial charge in [-0.3, -0.25) is 4.79 Å². The lowest BCUT2D eigenvalue weighted by molar-refractivity contribution is -0.117. The average molecular weight is 519 g/mol. The Hall–Kier alpha value is -4.19. The maximum absolute atomic E-state index is 13.8. The summed E-state index contributed by atoms with van der Waals surface area (Å²) < 4.78 is 6.15. The number of benzene rings is 4. The Labute approximate surface area is 230 Å². The van der Waals surface area contributed by atoms with Crippen LogP contribution in [0.3, 0.4) is 0 Å². The zero-order valence-electron chi connectivity index (χ0n) is 22.1. The average Bonchev–Trinajstić information content (AvgIpc) is 3.14. The highest BCUT2D eigenvalue weighted by Crippen LogP contribution is 2.37. The summed E-state index contributed by atoms with van der Waals surface area (Å²) in [5.74, 6) is 1.07. The zero-order valence-corrected chi connectivity index (χ0v) is 22.1. The number of nitrogens with one attached hydrogen (secondary N) is 2. The zero-order chi connectivity index (χ0) is 27.0. The van der Waals surface area contributed by atoms with E-state index in [1.54, 1.807) is 0 Å². The number of aliphatic hydroxyl groups excluding tert-OH is 1. The van der Waals surface area contributed by atoms with E-state index in [0.717, 1.165) is 17.5 Å². The fraction of sp³-hybridized carbons (Fsp3) is 0.206. The summed E-state index contributed by atoms with van der Waals surface area (Å²) >= 11 is 0. The fourth-order valence-electron chi connectivity index (χ4n) is 4.87. The lowest BCUT2D eigenvalue weighted by Gasteiger charge is -2.25.